The smallest absolute Gasteiger partial charge is 0.0606 e. The Bertz CT molecular complexity index is 641. The van der Waals surface area contributed by atoms with Crippen LogP contribution < -0.4 is 10.2 Å². The van der Waals surface area contributed by atoms with Gasteiger partial charge in [0.2, 0.25) is 0 Å². The molecule has 116 valence electrons. The highest BCUT2D eigenvalue weighted by Gasteiger charge is 2.28. The van der Waals surface area contributed by atoms with E-state index >= 15 is 0 Å². The van der Waals surface area contributed by atoms with Crippen LogP contribution >= 0.6 is 0 Å². The van der Waals surface area contributed by atoms with Gasteiger partial charge in [0, 0.05) is 18.6 Å². The molecule has 0 unspecified atom stereocenters. The summed E-state index contributed by atoms with van der Waals surface area (Å²) >= 11 is 0. The Kier molecular flexibility index (Phi) is 3.86. The van der Waals surface area contributed by atoms with E-state index in [2.05, 4.69) is 86.4 Å². The molecular weight excluding hydrogens is 268 g/mol. The van der Waals surface area contributed by atoms with Crippen molar-refractivity contribution < 1.29 is 0 Å². The van der Waals surface area contributed by atoms with Crippen LogP contribution in [0.25, 0.3) is 0 Å². The fourth-order valence-electron chi connectivity index (χ4n) is 3.19. The number of benzene rings is 2. The lowest BCUT2D eigenvalue weighted by atomic mass is 9.98. The number of hydrogen-bond donors (Lipinski definition) is 1. The van der Waals surface area contributed by atoms with Crippen LogP contribution in [0.3, 0.4) is 0 Å². The van der Waals surface area contributed by atoms with Crippen LogP contribution in [-0.4, -0.2) is 12.1 Å². The molecule has 0 aromatic heterocycles. The summed E-state index contributed by atoms with van der Waals surface area (Å²) in [5, 5.41) is 3.63. The predicted octanol–water partition coefficient (Wildman–Crippen LogP) is 5.02. The van der Waals surface area contributed by atoms with Gasteiger partial charge in [-0.1, -0.05) is 50.2 Å². The molecule has 1 N–H and O–H groups in total. The third kappa shape index (κ3) is 3.11. The van der Waals surface area contributed by atoms with Crippen LogP contribution in [0.15, 0.2) is 48.5 Å². The predicted molar refractivity (Wildman–Crippen MR) is 95.7 cm³/mol. The molecule has 0 spiro atoms. The maximum atomic E-state index is 3.63. The van der Waals surface area contributed by atoms with E-state index in [0.717, 1.165) is 13.1 Å². The number of fused-ring (bicyclic) bond motifs is 1. The van der Waals surface area contributed by atoms with Crippen LogP contribution in [0, 0.1) is 0 Å². The first-order valence-electron chi connectivity index (χ1n) is 8.16. The molecule has 2 heteroatoms. The Hall–Kier alpha value is -1.96. The highest BCUT2D eigenvalue weighted by Crippen LogP contribution is 2.35. The van der Waals surface area contributed by atoms with Crippen molar-refractivity contribution >= 4 is 11.4 Å². The maximum Gasteiger partial charge on any atom is 0.0606 e. The summed E-state index contributed by atoms with van der Waals surface area (Å²) in [4.78, 5) is 2.48. The second kappa shape index (κ2) is 5.68. The Balaban J connectivity index is 1.85. The van der Waals surface area contributed by atoms with Crippen molar-refractivity contribution in [3.63, 3.8) is 0 Å². The number of hydrogen-bond acceptors (Lipinski definition) is 2. The van der Waals surface area contributed by atoms with Crippen molar-refractivity contribution in [3.8, 4) is 0 Å². The van der Waals surface area contributed by atoms with E-state index in [-0.39, 0.29) is 5.54 Å². The molecule has 0 atom stereocenters. The Morgan fingerprint density at radius 3 is 2.41 bits per heavy atom. The Morgan fingerprint density at radius 2 is 1.73 bits per heavy atom. The van der Waals surface area contributed by atoms with Gasteiger partial charge in [-0.05, 0) is 43.0 Å². The quantitative estimate of drug-likeness (QED) is 0.855. The van der Waals surface area contributed by atoms with E-state index in [1.54, 1.807) is 0 Å². The highest BCUT2D eigenvalue weighted by atomic mass is 15.2. The van der Waals surface area contributed by atoms with Crippen molar-refractivity contribution in [3.05, 3.63) is 59.7 Å². The van der Waals surface area contributed by atoms with E-state index in [4.69, 9.17) is 0 Å². The summed E-state index contributed by atoms with van der Waals surface area (Å²) in [6.45, 7) is 11.0. The molecule has 3 rings (SSSR count). The van der Waals surface area contributed by atoms with E-state index < -0.39 is 0 Å². The van der Waals surface area contributed by atoms with Gasteiger partial charge in [-0.3, -0.25) is 0 Å². The van der Waals surface area contributed by atoms with Crippen LogP contribution in [0.4, 0.5) is 11.4 Å². The standard InChI is InChI=1S/C20H26N2/c1-15(2)17-11-9-16(10-12-17)13-22-14-20(3,4)21-18-7-5-6-8-19(18)22/h5-12,15,21H,13-14H2,1-4H3. The van der Waals surface area contributed by atoms with Crippen molar-refractivity contribution in [2.75, 3.05) is 16.8 Å². The van der Waals surface area contributed by atoms with Crippen LogP contribution in [0.1, 0.15) is 44.7 Å². The molecule has 1 heterocycles. The molecule has 0 aliphatic carbocycles. The van der Waals surface area contributed by atoms with Gasteiger partial charge in [0.15, 0.2) is 0 Å². The highest BCUT2D eigenvalue weighted by molar-refractivity contribution is 5.73. The first-order valence-corrected chi connectivity index (χ1v) is 8.16. The summed E-state index contributed by atoms with van der Waals surface area (Å²) in [5.74, 6) is 0.591. The molecule has 2 aromatic carbocycles. The van der Waals surface area contributed by atoms with Crippen molar-refractivity contribution in [2.45, 2.75) is 45.7 Å². The van der Waals surface area contributed by atoms with Gasteiger partial charge in [0.25, 0.3) is 0 Å². The molecule has 1 aliphatic heterocycles. The minimum atomic E-state index is 0.0895. The molecular formula is C20H26N2. The number of anilines is 2. The van der Waals surface area contributed by atoms with Crippen molar-refractivity contribution in [2.24, 2.45) is 0 Å². The van der Waals surface area contributed by atoms with Gasteiger partial charge in [-0.25, -0.2) is 0 Å². The summed E-state index contributed by atoms with van der Waals surface area (Å²) in [6, 6.07) is 17.7. The van der Waals surface area contributed by atoms with Gasteiger partial charge < -0.3 is 10.2 Å². The molecule has 0 radical (unpaired) electrons. The molecule has 0 saturated carbocycles. The van der Waals surface area contributed by atoms with Crippen molar-refractivity contribution in [1.29, 1.82) is 0 Å². The summed E-state index contributed by atoms with van der Waals surface area (Å²) in [7, 11) is 0. The minimum absolute atomic E-state index is 0.0895. The topological polar surface area (TPSA) is 15.3 Å². The zero-order valence-corrected chi connectivity index (χ0v) is 14.1. The molecule has 2 nitrogen and oxygen atoms in total. The first kappa shape index (κ1) is 15.0. The fourth-order valence-corrected chi connectivity index (χ4v) is 3.19. The van der Waals surface area contributed by atoms with Gasteiger partial charge >= 0.3 is 0 Å². The van der Waals surface area contributed by atoms with Crippen molar-refractivity contribution in [1.82, 2.24) is 0 Å². The van der Waals surface area contributed by atoms with E-state index in [1.807, 2.05) is 0 Å². The molecule has 0 amide bonds. The van der Waals surface area contributed by atoms with Crippen LogP contribution in [0.5, 0.6) is 0 Å². The van der Waals surface area contributed by atoms with Crippen LogP contribution in [-0.2, 0) is 6.54 Å². The van der Waals surface area contributed by atoms with E-state index in [0.29, 0.717) is 5.92 Å². The molecule has 1 aliphatic rings. The number of para-hydroxylation sites is 2. The second-order valence-corrected chi connectivity index (χ2v) is 7.28. The number of rotatable bonds is 3. The van der Waals surface area contributed by atoms with Gasteiger partial charge in [-0.15, -0.1) is 0 Å². The Morgan fingerprint density at radius 1 is 1.05 bits per heavy atom. The normalized spacial score (nSPS) is 16.3. The lowest BCUT2D eigenvalue weighted by Gasteiger charge is -2.42. The SMILES string of the molecule is CC(C)c1ccc(CN2CC(C)(C)Nc3ccccc32)cc1. The lowest BCUT2D eigenvalue weighted by molar-refractivity contribution is 0.530. The summed E-state index contributed by atoms with van der Waals surface area (Å²) in [5.41, 5.74) is 5.40. The third-order valence-electron chi connectivity index (χ3n) is 4.32. The molecule has 22 heavy (non-hydrogen) atoms. The fraction of sp³-hybridized carbons (Fsp3) is 0.400. The maximum absolute atomic E-state index is 3.63. The molecule has 2 aromatic rings. The zero-order chi connectivity index (χ0) is 15.7. The largest absolute Gasteiger partial charge is 0.377 e. The minimum Gasteiger partial charge on any atom is -0.377 e. The third-order valence-corrected chi connectivity index (χ3v) is 4.32. The molecule has 0 fully saturated rings. The molecule has 0 saturated heterocycles. The zero-order valence-electron chi connectivity index (χ0n) is 14.1. The monoisotopic (exact) mass is 294 g/mol. The number of nitrogens with zero attached hydrogens (tertiary/aromatic N) is 1. The number of nitrogens with one attached hydrogen (secondary N) is 1. The average Bonchev–Trinajstić information content (AvgIpc) is 2.46. The average molecular weight is 294 g/mol. The van der Waals surface area contributed by atoms with Gasteiger partial charge in [0.1, 0.15) is 0 Å². The summed E-state index contributed by atoms with van der Waals surface area (Å²) < 4.78 is 0. The van der Waals surface area contributed by atoms with E-state index in [9.17, 15) is 0 Å². The second-order valence-electron chi connectivity index (χ2n) is 7.28. The molecule has 0 bridgehead atoms. The van der Waals surface area contributed by atoms with Gasteiger partial charge in [0.05, 0.1) is 11.4 Å². The van der Waals surface area contributed by atoms with Crippen LogP contribution in [0.2, 0.25) is 0 Å². The first-order chi connectivity index (χ1) is 10.4. The van der Waals surface area contributed by atoms with E-state index in [1.165, 1.54) is 22.5 Å². The lowest BCUT2D eigenvalue weighted by Crippen LogP contribution is -2.48. The Labute approximate surface area is 134 Å². The van der Waals surface area contributed by atoms with Gasteiger partial charge in [-0.2, -0.15) is 0 Å². The summed E-state index contributed by atoms with van der Waals surface area (Å²) in [6.07, 6.45) is 0.